The zero-order valence-electron chi connectivity index (χ0n) is 45.4. The molecule has 13 rings (SSSR count). The second kappa shape index (κ2) is 21.1. The number of halogens is 2. The monoisotopic (exact) mass is 1080 g/mol. The first-order valence-corrected chi connectivity index (χ1v) is 29.1. The van der Waals surface area contributed by atoms with Gasteiger partial charge in [0.25, 0.3) is 0 Å². The average molecular weight is 1080 g/mol. The van der Waals surface area contributed by atoms with Gasteiger partial charge < -0.3 is 38.6 Å². The number of phenols is 1. The zero-order chi connectivity index (χ0) is 54.1. The van der Waals surface area contributed by atoms with Gasteiger partial charge in [0.2, 0.25) is 11.8 Å². The fraction of sp³-hybridized carbons (Fsp3) is 0.541. The molecule has 6 fully saturated rings. The lowest BCUT2D eigenvalue weighted by molar-refractivity contribution is -0.134. The van der Waals surface area contributed by atoms with Gasteiger partial charge >= 0.3 is 12.1 Å². The predicted molar refractivity (Wildman–Crippen MR) is 297 cm³/mol. The van der Waals surface area contributed by atoms with Gasteiger partial charge in [-0.15, -0.1) is 0 Å². The third-order valence-corrected chi connectivity index (χ3v) is 19.0. The van der Waals surface area contributed by atoms with Crippen LogP contribution in [0.5, 0.6) is 11.8 Å². The second-order valence-electron chi connectivity index (χ2n) is 23.6. The number of carbonyl (C=O) groups excluding carboxylic acids is 3. The van der Waals surface area contributed by atoms with E-state index in [1.165, 1.54) is 24.2 Å². The van der Waals surface area contributed by atoms with E-state index in [2.05, 4.69) is 42.8 Å². The number of aryl methyl sites for hydroxylation is 3. The van der Waals surface area contributed by atoms with E-state index in [1.54, 1.807) is 12.1 Å². The van der Waals surface area contributed by atoms with Crippen LogP contribution in [0.1, 0.15) is 113 Å². The highest BCUT2D eigenvalue weighted by molar-refractivity contribution is 6.04. The van der Waals surface area contributed by atoms with E-state index < -0.39 is 11.6 Å². The van der Waals surface area contributed by atoms with Crippen LogP contribution < -0.4 is 19.9 Å². The number of carbonyl (C=O) groups is 3. The van der Waals surface area contributed by atoms with Crippen molar-refractivity contribution in [3.63, 3.8) is 0 Å². The maximum absolute atomic E-state index is 17.6. The molecular weight excluding hydrogens is 1010 g/mol. The number of ether oxygens (including phenoxy) is 3. The number of imide groups is 1. The zero-order valence-corrected chi connectivity index (χ0v) is 45.4. The first-order valence-electron chi connectivity index (χ1n) is 29.1. The van der Waals surface area contributed by atoms with Crippen LogP contribution in [0, 0.1) is 23.5 Å². The lowest BCUT2D eigenvalue weighted by Crippen LogP contribution is -2.48. The van der Waals surface area contributed by atoms with Crippen LogP contribution in [0.2, 0.25) is 0 Å². The number of aromatic hydroxyl groups is 1. The second-order valence-corrected chi connectivity index (χ2v) is 23.6. The molecule has 16 nitrogen and oxygen atoms in total. The number of likely N-dealkylation sites (tertiary alicyclic amines) is 1. The van der Waals surface area contributed by atoms with Crippen molar-refractivity contribution < 1.29 is 42.5 Å². The molecule has 6 saturated heterocycles. The molecule has 6 aromatic rings. The summed E-state index contributed by atoms with van der Waals surface area (Å²) in [7, 11) is 2.02. The highest BCUT2D eigenvalue weighted by Crippen LogP contribution is 2.46. The summed E-state index contributed by atoms with van der Waals surface area (Å²) in [5.41, 5.74) is 4.43. The molecule has 79 heavy (non-hydrogen) atoms. The van der Waals surface area contributed by atoms with E-state index in [1.807, 2.05) is 25.1 Å². The maximum Gasteiger partial charge on any atom is 0.409 e. The van der Waals surface area contributed by atoms with E-state index in [9.17, 15) is 19.5 Å². The number of nitrogens with one attached hydrogen (secondary N) is 1. The Hall–Kier alpha value is -6.66. The Labute approximate surface area is 458 Å². The molecule has 18 heteroatoms. The van der Waals surface area contributed by atoms with E-state index in [-0.39, 0.29) is 64.4 Å². The molecule has 1 unspecified atom stereocenters. The Kier molecular flexibility index (Phi) is 13.8. The number of hydrogen-bond donors (Lipinski definition) is 2. The fourth-order valence-electron chi connectivity index (χ4n) is 14.9. The molecule has 3 amide bonds. The van der Waals surface area contributed by atoms with Crippen LogP contribution in [0.25, 0.3) is 43.8 Å². The summed E-state index contributed by atoms with van der Waals surface area (Å²) in [6.45, 7) is 8.50. The Morgan fingerprint density at radius 1 is 0.886 bits per heavy atom. The summed E-state index contributed by atoms with van der Waals surface area (Å²) >= 11 is 0. The van der Waals surface area contributed by atoms with Crippen LogP contribution in [0.3, 0.4) is 0 Å². The fourth-order valence-corrected chi connectivity index (χ4v) is 14.9. The molecule has 7 aliphatic rings. The Morgan fingerprint density at radius 2 is 1.71 bits per heavy atom. The lowest BCUT2D eigenvalue weighted by Gasteiger charge is -2.37. The van der Waals surface area contributed by atoms with Crippen molar-refractivity contribution in [3.05, 3.63) is 77.1 Å². The number of piperidine rings is 3. The normalized spacial score (nSPS) is 24.3. The smallest absolute Gasteiger partial charge is 0.409 e. The van der Waals surface area contributed by atoms with E-state index in [4.69, 9.17) is 29.2 Å². The van der Waals surface area contributed by atoms with E-state index in [0.29, 0.717) is 129 Å². The average Bonchev–Trinajstić information content (AvgIpc) is 4.25. The number of pyridine rings is 1. The van der Waals surface area contributed by atoms with Gasteiger partial charge in [-0.2, -0.15) is 9.97 Å². The molecule has 7 aliphatic heterocycles. The summed E-state index contributed by atoms with van der Waals surface area (Å²) in [4.78, 5) is 62.1. The van der Waals surface area contributed by atoms with Gasteiger partial charge in [-0.05, 0) is 161 Å². The highest BCUT2D eigenvalue weighted by Gasteiger charge is 2.50. The molecule has 0 aliphatic carbocycles. The summed E-state index contributed by atoms with van der Waals surface area (Å²) in [6, 6.07) is 12.7. The first kappa shape index (κ1) is 51.8. The maximum atomic E-state index is 17.6. The van der Waals surface area contributed by atoms with Gasteiger partial charge in [-0.25, -0.2) is 18.6 Å². The van der Waals surface area contributed by atoms with Crippen LogP contribution in [-0.4, -0.2) is 136 Å². The Balaban J connectivity index is 0.638. The molecule has 0 saturated carbocycles. The molecule has 4 atom stereocenters. The number of rotatable bonds is 11. The largest absolute Gasteiger partial charge is 0.508 e. The van der Waals surface area contributed by atoms with E-state index >= 15 is 8.78 Å². The SMILES string of the molecule is CCc1c(F)ccc2cc(O)cc(-c3nc4c5c(nc(OC[C@@]67CCCN6[C@H](COC(=O)N6CCC(CC8CCN(c9ccc%10c(C%11CCC(=O)NC%11=O)cn(C)c%10c9)CC8)CC6)CC7)nc5c3F)N3CCCOC[C@@H]3CC4)c12. The van der Waals surface area contributed by atoms with E-state index in [0.717, 1.165) is 93.9 Å². The Morgan fingerprint density at radius 3 is 2.52 bits per heavy atom. The number of hydrogen-bond acceptors (Lipinski definition) is 13. The molecule has 416 valence electrons. The molecule has 3 aromatic heterocycles. The number of benzene rings is 3. The molecule has 0 bridgehead atoms. The number of fused-ring (bicyclic) bond motifs is 5. The van der Waals surface area contributed by atoms with Crippen molar-refractivity contribution in [3.8, 4) is 23.0 Å². The van der Waals surface area contributed by atoms with Gasteiger partial charge in [-0.1, -0.05) is 19.1 Å². The summed E-state index contributed by atoms with van der Waals surface area (Å²) < 4.78 is 53.9. The number of aromatic nitrogens is 4. The van der Waals surface area contributed by atoms with Gasteiger partial charge in [-0.3, -0.25) is 19.8 Å². The minimum atomic E-state index is -0.677. The van der Waals surface area contributed by atoms with Crippen molar-refractivity contribution >= 4 is 62.0 Å². The third kappa shape index (κ3) is 9.57. The minimum absolute atomic E-state index is 0.00333. The van der Waals surface area contributed by atoms with Gasteiger partial charge in [0.1, 0.15) is 41.8 Å². The Bertz CT molecular complexity index is 3370. The molecule has 10 heterocycles. The quantitative estimate of drug-likeness (QED) is 0.118. The predicted octanol–water partition coefficient (Wildman–Crippen LogP) is 9.48. The minimum Gasteiger partial charge on any atom is -0.508 e. The molecule has 0 radical (unpaired) electrons. The number of amides is 3. The first-order chi connectivity index (χ1) is 38.4. The van der Waals surface area contributed by atoms with Crippen LogP contribution in [-0.2, 0) is 39.0 Å². The molecule has 3 aromatic carbocycles. The van der Waals surface area contributed by atoms with Crippen molar-refractivity contribution in [2.45, 2.75) is 127 Å². The lowest BCUT2D eigenvalue weighted by atomic mass is 9.83. The topological polar surface area (TPSA) is 168 Å². The number of anilines is 2. The van der Waals surface area contributed by atoms with Gasteiger partial charge in [0.05, 0.1) is 40.7 Å². The molecule has 0 spiro atoms. The number of phenolic OH excluding ortho intramolecular Hbond substituents is 1. The number of nitrogens with zero attached hydrogens (tertiary/aromatic N) is 8. The molecular formula is C61H71F2N9O7. The highest BCUT2D eigenvalue weighted by atomic mass is 19.1. The van der Waals surface area contributed by atoms with Crippen molar-refractivity contribution in [1.29, 1.82) is 0 Å². The summed E-state index contributed by atoms with van der Waals surface area (Å²) in [5, 5.41) is 16.1. The van der Waals surface area contributed by atoms with Crippen LogP contribution in [0.15, 0.2) is 48.7 Å². The third-order valence-electron chi connectivity index (χ3n) is 19.0. The van der Waals surface area contributed by atoms with Crippen molar-refractivity contribution in [2.24, 2.45) is 18.9 Å². The summed E-state index contributed by atoms with van der Waals surface area (Å²) in [6.07, 6.45) is 14.1. The van der Waals surface area contributed by atoms with Crippen LogP contribution in [0.4, 0.5) is 25.1 Å². The summed E-state index contributed by atoms with van der Waals surface area (Å²) in [5.74, 6) is -0.0604. The van der Waals surface area contributed by atoms with Crippen LogP contribution >= 0.6 is 0 Å². The van der Waals surface area contributed by atoms with Gasteiger partial charge in [0, 0.05) is 81.7 Å². The van der Waals surface area contributed by atoms with Crippen molar-refractivity contribution in [1.82, 2.24) is 34.6 Å². The molecule has 2 N–H and O–H groups in total. The van der Waals surface area contributed by atoms with Crippen molar-refractivity contribution in [2.75, 3.05) is 75.5 Å². The standard InChI is InChI=1S/C61H71F2N9O7/c1-3-43-48(62)11-6-38-29-42(73)31-46(52(38)43)55-54(63)56-53-49(64-55)12-8-40-33-77-27-5-21-71(40)57(53)67-59(66-56)79-35-61-19-4-22-72(61)41(14-20-61)34-78-60(76)70-25-17-37(18-26-70)28-36-15-23-69(24-16-36)39-7-9-44-47(32-68(2)50(44)30-39)45-10-13-51(74)65-58(45)75/h6-7,9,11,29-32,36-37,40-41,45,73H,3-5,8,10,12-28,33-35H2,1-2H3,(H,65,74,75)/t40-,41-,45?,61-/m0/s1. The van der Waals surface area contributed by atoms with Gasteiger partial charge in [0.15, 0.2) is 5.82 Å².